The fourth-order valence-electron chi connectivity index (χ4n) is 2.97. The molecule has 0 aliphatic carbocycles. The van der Waals surface area contributed by atoms with Crippen LogP contribution in [0.15, 0.2) is 36.4 Å². The van der Waals surface area contributed by atoms with Crippen LogP contribution in [-0.2, 0) is 20.5 Å². The number of carbonyl (C=O) groups excluding carboxylic acids is 1. The summed E-state index contributed by atoms with van der Waals surface area (Å²) in [6.07, 6.45) is -2.98. The van der Waals surface area contributed by atoms with Gasteiger partial charge in [-0.05, 0) is 12.1 Å². The Morgan fingerprint density at radius 2 is 1.70 bits per heavy atom. The molecule has 1 aromatic rings. The van der Waals surface area contributed by atoms with Crippen LogP contribution in [0.5, 0.6) is 0 Å². The first-order valence-corrected chi connectivity index (χ1v) is 6.82. The highest BCUT2D eigenvalue weighted by atomic mass is 19.4. The number of carboxylic acid groups (broad SMARTS) is 1. The van der Waals surface area contributed by atoms with E-state index in [1.807, 2.05) is 0 Å². The van der Waals surface area contributed by atoms with Gasteiger partial charge >= 0.3 is 12.1 Å². The summed E-state index contributed by atoms with van der Waals surface area (Å²) < 4.78 is 44.2. The van der Waals surface area contributed by atoms with Gasteiger partial charge in [0.1, 0.15) is 5.92 Å². The molecule has 5 nitrogen and oxygen atoms in total. The van der Waals surface area contributed by atoms with Crippen molar-refractivity contribution in [3.8, 4) is 0 Å². The molecule has 2 aliphatic heterocycles. The van der Waals surface area contributed by atoms with Crippen molar-refractivity contribution >= 4 is 17.6 Å². The summed E-state index contributed by atoms with van der Waals surface area (Å²) in [4.78, 5) is 23.7. The lowest BCUT2D eigenvalue weighted by Gasteiger charge is -2.22. The van der Waals surface area contributed by atoms with E-state index in [1.54, 1.807) is 12.2 Å². The molecule has 1 fully saturated rings. The number of nitrogens with one attached hydrogen (secondary N) is 1. The van der Waals surface area contributed by atoms with Crippen molar-refractivity contribution in [3.05, 3.63) is 42.0 Å². The van der Waals surface area contributed by atoms with Gasteiger partial charge in [-0.25, -0.2) is 0 Å². The molecule has 122 valence electrons. The van der Waals surface area contributed by atoms with Gasteiger partial charge < -0.3 is 15.2 Å². The lowest BCUT2D eigenvalue weighted by molar-refractivity contribution is -0.146. The average Bonchev–Trinajstić information content (AvgIpc) is 3.07. The number of amides is 1. The number of aliphatic carboxylic acids is 1. The van der Waals surface area contributed by atoms with E-state index in [1.165, 1.54) is 12.1 Å². The average molecular weight is 327 g/mol. The van der Waals surface area contributed by atoms with Gasteiger partial charge in [0.25, 0.3) is 0 Å². The molecule has 0 unspecified atom stereocenters. The number of anilines is 1. The van der Waals surface area contributed by atoms with Gasteiger partial charge in [-0.15, -0.1) is 0 Å². The zero-order chi connectivity index (χ0) is 16.8. The third-order valence-electron chi connectivity index (χ3n) is 3.98. The summed E-state index contributed by atoms with van der Waals surface area (Å²) in [7, 11) is 0. The Labute approximate surface area is 128 Å². The predicted octanol–water partition coefficient (Wildman–Crippen LogP) is 2.30. The van der Waals surface area contributed by atoms with Gasteiger partial charge in [-0.3, -0.25) is 9.59 Å². The van der Waals surface area contributed by atoms with Gasteiger partial charge in [-0.1, -0.05) is 24.3 Å². The fraction of sp³-hybridized carbons (Fsp3) is 0.333. The molecule has 23 heavy (non-hydrogen) atoms. The second kappa shape index (κ2) is 5.38. The highest BCUT2D eigenvalue weighted by Crippen LogP contribution is 2.41. The molecule has 2 N–H and O–H groups in total. The normalized spacial score (nSPS) is 28.8. The van der Waals surface area contributed by atoms with Crippen LogP contribution in [0.25, 0.3) is 0 Å². The summed E-state index contributed by atoms with van der Waals surface area (Å²) in [6, 6.07) is 4.54. The maximum Gasteiger partial charge on any atom is 0.418 e. The molecular formula is C15H12F3NO4. The smallest absolute Gasteiger partial charge is 0.418 e. The molecular weight excluding hydrogens is 315 g/mol. The van der Waals surface area contributed by atoms with Crippen molar-refractivity contribution in [1.82, 2.24) is 0 Å². The van der Waals surface area contributed by atoms with E-state index < -0.39 is 53.3 Å². The predicted molar refractivity (Wildman–Crippen MR) is 72.5 cm³/mol. The number of alkyl halides is 3. The second-order valence-electron chi connectivity index (χ2n) is 5.37. The van der Waals surface area contributed by atoms with Gasteiger partial charge in [0, 0.05) is 0 Å². The zero-order valence-electron chi connectivity index (χ0n) is 11.6. The van der Waals surface area contributed by atoms with Crippen LogP contribution in [0, 0.1) is 11.8 Å². The molecule has 0 aromatic heterocycles. The second-order valence-corrected chi connectivity index (χ2v) is 5.37. The number of carboxylic acids is 1. The molecule has 2 aliphatic rings. The van der Waals surface area contributed by atoms with Crippen molar-refractivity contribution in [3.63, 3.8) is 0 Å². The topological polar surface area (TPSA) is 75.6 Å². The monoisotopic (exact) mass is 327 g/mol. The Balaban J connectivity index is 1.86. The Kier molecular flexibility index (Phi) is 3.63. The number of carbonyl (C=O) groups is 2. The van der Waals surface area contributed by atoms with Crippen LogP contribution in [-0.4, -0.2) is 29.2 Å². The van der Waals surface area contributed by atoms with E-state index in [4.69, 9.17) is 4.74 Å². The van der Waals surface area contributed by atoms with Crippen molar-refractivity contribution in [2.24, 2.45) is 11.8 Å². The molecule has 2 bridgehead atoms. The summed E-state index contributed by atoms with van der Waals surface area (Å²) in [5.41, 5.74) is -1.39. The van der Waals surface area contributed by atoms with Crippen molar-refractivity contribution in [2.75, 3.05) is 5.32 Å². The minimum atomic E-state index is -4.62. The number of rotatable bonds is 3. The number of hydrogen-bond donors (Lipinski definition) is 2. The van der Waals surface area contributed by atoms with Crippen LogP contribution in [0.2, 0.25) is 0 Å². The summed E-state index contributed by atoms with van der Waals surface area (Å²) in [5, 5.41) is 11.4. The Morgan fingerprint density at radius 3 is 2.30 bits per heavy atom. The van der Waals surface area contributed by atoms with Gasteiger partial charge in [0.15, 0.2) is 0 Å². The molecule has 8 heteroatoms. The van der Waals surface area contributed by atoms with Gasteiger partial charge in [0.05, 0.1) is 29.4 Å². The molecule has 0 radical (unpaired) electrons. The zero-order valence-corrected chi connectivity index (χ0v) is 11.6. The summed E-state index contributed by atoms with van der Waals surface area (Å²) in [5.74, 6) is -4.19. The Morgan fingerprint density at radius 1 is 1.09 bits per heavy atom. The molecule has 0 saturated carbocycles. The van der Waals surface area contributed by atoms with Crippen LogP contribution in [0.4, 0.5) is 18.9 Å². The number of halogens is 3. The largest absolute Gasteiger partial charge is 0.481 e. The maximum absolute atomic E-state index is 12.9. The maximum atomic E-state index is 12.9. The first-order valence-electron chi connectivity index (χ1n) is 6.82. The first kappa shape index (κ1) is 15.5. The molecule has 3 rings (SSSR count). The van der Waals surface area contributed by atoms with E-state index in [2.05, 4.69) is 5.32 Å². The number of hydrogen-bond acceptors (Lipinski definition) is 3. The van der Waals surface area contributed by atoms with Crippen molar-refractivity contribution in [2.45, 2.75) is 18.4 Å². The standard InChI is InChI=1S/C15H12F3NO4/c16-15(17,18)7-3-1-2-4-8(7)19-13(20)11-9-5-6-10(23-9)12(11)14(21)22/h1-6,9-12H,(H,19,20)(H,21,22)/t9-,10-,11+,12+/m1/s1. The van der Waals surface area contributed by atoms with Crippen molar-refractivity contribution in [1.29, 1.82) is 0 Å². The van der Waals surface area contributed by atoms with Crippen LogP contribution >= 0.6 is 0 Å². The van der Waals surface area contributed by atoms with E-state index in [-0.39, 0.29) is 0 Å². The molecule has 1 amide bonds. The fourth-order valence-corrected chi connectivity index (χ4v) is 2.97. The first-order chi connectivity index (χ1) is 10.8. The van der Waals surface area contributed by atoms with E-state index in [0.29, 0.717) is 0 Å². The van der Waals surface area contributed by atoms with Crippen LogP contribution < -0.4 is 5.32 Å². The molecule has 1 saturated heterocycles. The lowest BCUT2D eigenvalue weighted by atomic mass is 9.82. The highest BCUT2D eigenvalue weighted by Gasteiger charge is 2.53. The number of benzene rings is 1. The lowest BCUT2D eigenvalue weighted by Crippen LogP contribution is -2.39. The van der Waals surface area contributed by atoms with Gasteiger partial charge in [0.2, 0.25) is 5.91 Å². The van der Waals surface area contributed by atoms with Crippen molar-refractivity contribution < 1.29 is 32.6 Å². The minimum absolute atomic E-state index is 0.402. The third-order valence-corrected chi connectivity index (χ3v) is 3.98. The summed E-state index contributed by atoms with van der Waals surface area (Å²) >= 11 is 0. The number of fused-ring (bicyclic) bond motifs is 2. The van der Waals surface area contributed by atoms with E-state index in [0.717, 1.165) is 12.1 Å². The molecule has 2 heterocycles. The van der Waals surface area contributed by atoms with Gasteiger partial charge in [-0.2, -0.15) is 13.2 Å². The molecule has 0 spiro atoms. The quantitative estimate of drug-likeness (QED) is 0.835. The Bertz CT molecular complexity index is 686. The molecule has 4 atom stereocenters. The Hall–Kier alpha value is -2.35. The molecule has 1 aromatic carbocycles. The highest BCUT2D eigenvalue weighted by molar-refractivity contribution is 5.97. The van der Waals surface area contributed by atoms with Crippen LogP contribution in [0.3, 0.4) is 0 Å². The SMILES string of the molecule is O=C(O)[C@@H]1[C@@H](C(=O)Nc2ccccc2C(F)(F)F)[C@H]2C=C[C@H]1O2. The van der Waals surface area contributed by atoms with Crippen LogP contribution in [0.1, 0.15) is 5.56 Å². The minimum Gasteiger partial charge on any atom is -0.481 e. The number of para-hydroxylation sites is 1. The summed E-state index contributed by atoms with van der Waals surface area (Å²) in [6.45, 7) is 0. The van der Waals surface area contributed by atoms with E-state index in [9.17, 15) is 27.9 Å². The third kappa shape index (κ3) is 2.70. The number of ether oxygens (including phenoxy) is 1. The van der Waals surface area contributed by atoms with E-state index >= 15 is 0 Å².